The highest BCUT2D eigenvalue weighted by Gasteiger charge is 2.11. The summed E-state index contributed by atoms with van der Waals surface area (Å²) in [6.07, 6.45) is 1.64. The van der Waals surface area contributed by atoms with Gasteiger partial charge in [0.05, 0.1) is 11.0 Å². The van der Waals surface area contributed by atoms with Gasteiger partial charge in [-0.2, -0.15) is 0 Å². The molecule has 0 aliphatic heterocycles. The number of benzene rings is 3. The molecule has 0 saturated heterocycles. The zero-order valence-corrected chi connectivity index (χ0v) is 17.6. The van der Waals surface area contributed by atoms with E-state index in [1.165, 1.54) is 5.56 Å². The Morgan fingerprint density at radius 3 is 2.45 bits per heavy atom. The van der Waals surface area contributed by atoms with Gasteiger partial charge in [-0.1, -0.05) is 58.4 Å². The van der Waals surface area contributed by atoms with Crippen LogP contribution in [0.5, 0.6) is 0 Å². The van der Waals surface area contributed by atoms with Crippen LogP contribution in [0.4, 0.5) is 0 Å². The van der Waals surface area contributed by atoms with E-state index in [-0.39, 0.29) is 5.91 Å². The number of carbonyl (C=O) groups is 1. The third-order valence-electron chi connectivity index (χ3n) is 4.89. The molecule has 0 saturated carbocycles. The number of imidazole rings is 1. The second-order valence-electron chi connectivity index (χ2n) is 6.95. The first-order valence-corrected chi connectivity index (χ1v) is 10.5. The van der Waals surface area contributed by atoms with Gasteiger partial charge in [0.2, 0.25) is 0 Å². The van der Waals surface area contributed by atoms with Crippen LogP contribution in [-0.4, -0.2) is 22.0 Å². The maximum absolute atomic E-state index is 12.3. The number of rotatable bonds is 7. The fourth-order valence-corrected chi connectivity index (χ4v) is 3.67. The van der Waals surface area contributed by atoms with Crippen molar-refractivity contribution < 1.29 is 4.79 Å². The maximum atomic E-state index is 12.3. The van der Waals surface area contributed by atoms with Crippen LogP contribution < -0.4 is 5.32 Å². The normalized spacial score (nSPS) is 10.9. The predicted octanol–water partition coefficient (Wildman–Crippen LogP) is 5.21. The Labute approximate surface area is 178 Å². The van der Waals surface area contributed by atoms with Gasteiger partial charge in [0.25, 0.3) is 5.91 Å². The minimum absolute atomic E-state index is 0.0460. The Kier molecular flexibility index (Phi) is 6.06. The zero-order valence-electron chi connectivity index (χ0n) is 16.0. The highest BCUT2D eigenvalue weighted by atomic mass is 79.9. The van der Waals surface area contributed by atoms with Gasteiger partial charge >= 0.3 is 0 Å². The first-order valence-electron chi connectivity index (χ1n) is 9.72. The van der Waals surface area contributed by atoms with Gasteiger partial charge in [0.1, 0.15) is 5.82 Å². The van der Waals surface area contributed by atoms with Gasteiger partial charge in [-0.15, -0.1) is 0 Å². The lowest BCUT2D eigenvalue weighted by Crippen LogP contribution is -2.25. The average Bonchev–Trinajstić information content (AvgIpc) is 3.10. The molecule has 0 aliphatic rings. The molecule has 0 spiro atoms. The Bertz CT molecular complexity index is 1100. The first kappa shape index (κ1) is 19.4. The van der Waals surface area contributed by atoms with Crippen molar-refractivity contribution in [3.05, 3.63) is 100 Å². The first-order chi connectivity index (χ1) is 14.2. The number of para-hydroxylation sites is 2. The minimum atomic E-state index is -0.0460. The number of nitrogens with zero attached hydrogens (tertiary/aromatic N) is 2. The van der Waals surface area contributed by atoms with Crippen LogP contribution in [-0.2, 0) is 13.0 Å². The SMILES string of the molecule is O=C(NCCCc1nc2ccccc2n1Cc1ccccc1)c1ccc(Br)cc1. The number of amides is 1. The second-order valence-corrected chi connectivity index (χ2v) is 7.87. The van der Waals surface area contributed by atoms with Crippen LogP contribution in [0.15, 0.2) is 83.3 Å². The summed E-state index contributed by atoms with van der Waals surface area (Å²) in [5.41, 5.74) is 4.08. The Balaban J connectivity index is 1.43. The Morgan fingerprint density at radius 1 is 0.931 bits per heavy atom. The molecule has 1 aromatic heterocycles. The van der Waals surface area contributed by atoms with E-state index in [4.69, 9.17) is 4.98 Å². The number of hydrogen-bond acceptors (Lipinski definition) is 2. The Hall–Kier alpha value is -2.92. The van der Waals surface area contributed by atoms with Gasteiger partial charge < -0.3 is 9.88 Å². The molecule has 29 heavy (non-hydrogen) atoms. The number of fused-ring (bicyclic) bond motifs is 1. The lowest BCUT2D eigenvalue weighted by atomic mass is 10.2. The zero-order chi connectivity index (χ0) is 20.1. The van der Waals surface area contributed by atoms with Gasteiger partial charge in [-0.05, 0) is 48.4 Å². The molecule has 4 aromatic rings. The van der Waals surface area contributed by atoms with E-state index in [1.807, 2.05) is 42.5 Å². The van der Waals surface area contributed by atoms with E-state index < -0.39 is 0 Å². The van der Waals surface area contributed by atoms with Crippen LogP contribution in [0.3, 0.4) is 0 Å². The summed E-state index contributed by atoms with van der Waals surface area (Å²) < 4.78 is 3.24. The number of aryl methyl sites for hydroxylation is 1. The summed E-state index contributed by atoms with van der Waals surface area (Å²) in [5, 5.41) is 3.00. The lowest BCUT2D eigenvalue weighted by Gasteiger charge is -2.10. The molecule has 146 valence electrons. The molecule has 3 aromatic carbocycles. The molecule has 1 amide bonds. The molecule has 0 unspecified atom stereocenters. The van der Waals surface area contributed by atoms with Crippen molar-refractivity contribution in [1.29, 1.82) is 0 Å². The minimum Gasteiger partial charge on any atom is -0.352 e. The average molecular weight is 448 g/mol. The molecule has 0 aliphatic carbocycles. The lowest BCUT2D eigenvalue weighted by molar-refractivity contribution is 0.0953. The predicted molar refractivity (Wildman–Crippen MR) is 120 cm³/mol. The monoisotopic (exact) mass is 447 g/mol. The van der Waals surface area contributed by atoms with Gasteiger partial charge in [0.15, 0.2) is 0 Å². The van der Waals surface area contributed by atoms with Crippen molar-refractivity contribution >= 4 is 32.9 Å². The van der Waals surface area contributed by atoms with Crippen molar-refractivity contribution in [2.24, 2.45) is 0 Å². The molecule has 0 radical (unpaired) electrons. The number of hydrogen-bond donors (Lipinski definition) is 1. The molecule has 5 heteroatoms. The van der Waals surface area contributed by atoms with Crippen LogP contribution in [0, 0.1) is 0 Å². The molecule has 1 N–H and O–H groups in total. The van der Waals surface area contributed by atoms with E-state index in [0.717, 1.165) is 40.7 Å². The van der Waals surface area contributed by atoms with E-state index >= 15 is 0 Å². The van der Waals surface area contributed by atoms with Crippen molar-refractivity contribution in [2.45, 2.75) is 19.4 Å². The fourth-order valence-electron chi connectivity index (χ4n) is 3.41. The molecular formula is C24H22BrN3O. The summed E-state index contributed by atoms with van der Waals surface area (Å²) >= 11 is 3.39. The summed E-state index contributed by atoms with van der Waals surface area (Å²) in [4.78, 5) is 17.1. The topological polar surface area (TPSA) is 46.9 Å². The van der Waals surface area contributed by atoms with Crippen molar-refractivity contribution in [3.8, 4) is 0 Å². The Morgan fingerprint density at radius 2 is 1.66 bits per heavy atom. The molecule has 4 rings (SSSR count). The van der Waals surface area contributed by atoms with E-state index in [1.54, 1.807) is 0 Å². The van der Waals surface area contributed by atoms with Crippen LogP contribution in [0.1, 0.15) is 28.2 Å². The highest BCUT2D eigenvalue weighted by molar-refractivity contribution is 9.10. The quantitative estimate of drug-likeness (QED) is 0.395. The largest absolute Gasteiger partial charge is 0.352 e. The third kappa shape index (κ3) is 4.74. The van der Waals surface area contributed by atoms with Crippen LogP contribution >= 0.6 is 15.9 Å². The van der Waals surface area contributed by atoms with Crippen molar-refractivity contribution in [3.63, 3.8) is 0 Å². The number of aromatic nitrogens is 2. The number of carbonyl (C=O) groups excluding carboxylic acids is 1. The summed E-state index contributed by atoms with van der Waals surface area (Å²) in [5.74, 6) is 1.00. The van der Waals surface area contributed by atoms with Gasteiger partial charge in [-0.25, -0.2) is 4.98 Å². The summed E-state index contributed by atoms with van der Waals surface area (Å²) in [7, 11) is 0. The smallest absolute Gasteiger partial charge is 0.251 e. The third-order valence-corrected chi connectivity index (χ3v) is 5.41. The summed E-state index contributed by atoms with van der Waals surface area (Å²) in [6.45, 7) is 1.41. The maximum Gasteiger partial charge on any atom is 0.251 e. The van der Waals surface area contributed by atoms with E-state index in [2.05, 4.69) is 62.2 Å². The highest BCUT2D eigenvalue weighted by Crippen LogP contribution is 2.19. The molecule has 0 bridgehead atoms. The molecular weight excluding hydrogens is 426 g/mol. The van der Waals surface area contributed by atoms with Crippen LogP contribution in [0.25, 0.3) is 11.0 Å². The second kappa shape index (κ2) is 9.05. The number of nitrogens with one attached hydrogen (secondary N) is 1. The van der Waals surface area contributed by atoms with Gasteiger partial charge in [0, 0.05) is 29.5 Å². The summed E-state index contributed by atoms with van der Waals surface area (Å²) in [6, 6.07) is 26.0. The molecule has 0 atom stereocenters. The van der Waals surface area contributed by atoms with E-state index in [9.17, 15) is 4.79 Å². The fraction of sp³-hybridized carbons (Fsp3) is 0.167. The molecule has 1 heterocycles. The van der Waals surface area contributed by atoms with E-state index in [0.29, 0.717) is 12.1 Å². The van der Waals surface area contributed by atoms with Gasteiger partial charge in [-0.3, -0.25) is 4.79 Å². The standard InChI is InChI=1S/C24H22BrN3O/c25-20-14-12-19(13-15-20)24(29)26-16-6-11-23-27-21-9-4-5-10-22(21)28(23)17-18-7-2-1-3-8-18/h1-5,7-10,12-15H,6,11,16-17H2,(H,26,29). The number of halogens is 1. The van der Waals surface area contributed by atoms with Crippen molar-refractivity contribution in [1.82, 2.24) is 14.9 Å². The van der Waals surface area contributed by atoms with Crippen molar-refractivity contribution in [2.75, 3.05) is 6.54 Å². The van der Waals surface area contributed by atoms with Crippen LogP contribution in [0.2, 0.25) is 0 Å². The molecule has 0 fully saturated rings. The molecule has 4 nitrogen and oxygen atoms in total.